The Morgan fingerprint density at radius 3 is 2.58 bits per heavy atom. The van der Waals surface area contributed by atoms with Gasteiger partial charge in [-0.2, -0.15) is 0 Å². The number of carboxylic acid groups (broad SMARTS) is 1. The predicted octanol–water partition coefficient (Wildman–Crippen LogP) is 2.05. The average Bonchev–Trinajstić information content (AvgIpc) is 2.37. The first-order chi connectivity index (χ1) is 9.24. The highest BCUT2D eigenvalue weighted by atomic mass is 16.4. The summed E-state index contributed by atoms with van der Waals surface area (Å²) in [6, 6.07) is 1.93. The van der Waals surface area contributed by atoms with E-state index in [0.717, 1.165) is 24.7 Å². The van der Waals surface area contributed by atoms with Crippen molar-refractivity contribution in [1.29, 1.82) is 0 Å². The molecular weight excluding hydrogens is 242 g/mol. The molecule has 0 spiro atoms. The van der Waals surface area contributed by atoms with Crippen LogP contribution in [0.5, 0.6) is 0 Å². The zero-order chi connectivity index (χ0) is 13.2. The van der Waals surface area contributed by atoms with Crippen LogP contribution >= 0.6 is 0 Å². The van der Waals surface area contributed by atoms with E-state index >= 15 is 0 Å². The molecule has 0 radical (unpaired) electrons. The Labute approximate surface area is 112 Å². The largest absolute Gasteiger partial charge is 0.481 e. The van der Waals surface area contributed by atoms with E-state index in [-0.39, 0.29) is 5.92 Å². The van der Waals surface area contributed by atoms with E-state index in [2.05, 4.69) is 14.9 Å². The molecule has 2 aliphatic rings. The van der Waals surface area contributed by atoms with Gasteiger partial charge in [0.2, 0.25) is 0 Å². The van der Waals surface area contributed by atoms with Crippen molar-refractivity contribution in [3.63, 3.8) is 0 Å². The molecule has 5 heteroatoms. The van der Waals surface area contributed by atoms with E-state index < -0.39 is 5.97 Å². The summed E-state index contributed by atoms with van der Waals surface area (Å²) in [5.74, 6) is 1.60. The number of aliphatic carboxylic acids is 1. The maximum Gasteiger partial charge on any atom is 0.306 e. The molecule has 1 N–H and O–H groups in total. The fraction of sp³-hybridized carbons (Fsp3) is 0.643. The summed E-state index contributed by atoms with van der Waals surface area (Å²) in [6.45, 7) is 1.55. The minimum atomic E-state index is -0.669. The predicted molar refractivity (Wildman–Crippen MR) is 71.2 cm³/mol. The molecular formula is C14H19N3O2. The van der Waals surface area contributed by atoms with Gasteiger partial charge in [-0.25, -0.2) is 9.97 Å². The van der Waals surface area contributed by atoms with Gasteiger partial charge >= 0.3 is 5.97 Å². The van der Waals surface area contributed by atoms with Gasteiger partial charge in [0.05, 0.1) is 5.92 Å². The highest BCUT2D eigenvalue weighted by Gasteiger charge is 2.26. The summed E-state index contributed by atoms with van der Waals surface area (Å²) in [7, 11) is 0. The Bertz CT molecular complexity index is 466. The third kappa shape index (κ3) is 2.55. The fourth-order valence-electron chi connectivity index (χ4n) is 2.76. The molecule has 5 nitrogen and oxygen atoms in total. The van der Waals surface area contributed by atoms with Crippen molar-refractivity contribution in [2.75, 3.05) is 18.0 Å². The van der Waals surface area contributed by atoms with Crippen molar-refractivity contribution in [3.8, 4) is 0 Å². The maximum atomic E-state index is 10.9. The zero-order valence-corrected chi connectivity index (χ0v) is 11.0. The number of aromatic nitrogens is 2. The first-order valence-corrected chi connectivity index (χ1v) is 7.05. The molecule has 1 aromatic rings. The lowest BCUT2D eigenvalue weighted by atomic mass is 9.85. The topological polar surface area (TPSA) is 66.3 Å². The van der Waals surface area contributed by atoms with Gasteiger partial charge < -0.3 is 10.0 Å². The molecule has 1 aromatic heterocycles. The molecule has 0 bridgehead atoms. The zero-order valence-electron chi connectivity index (χ0n) is 11.0. The second-order valence-electron chi connectivity index (χ2n) is 5.50. The van der Waals surface area contributed by atoms with Crippen molar-refractivity contribution >= 4 is 11.8 Å². The molecule has 1 aliphatic carbocycles. The molecule has 0 amide bonds. The number of nitrogens with zero attached hydrogens (tertiary/aromatic N) is 3. The van der Waals surface area contributed by atoms with E-state index in [1.807, 2.05) is 12.3 Å². The van der Waals surface area contributed by atoms with Gasteiger partial charge in [-0.15, -0.1) is 0 Å². The van der Waals surface area contributed by atoms with Gasteiger partial charge in [-0.3, -0.25) is 4.79 Å². The third-order valence-corrected chi connectivity index (χ3v) is 4.30. The molecule has 2 fully saturated rings. The fourth-order valence-corrected chi connectivity index (χ4v) is 2.76. The minimum absolute atomic E-state index is 0.191. The standard InChI is InChI=1S/C14H19N3O2/c18-14(19)11-5-8-17(9-6-11)12-4-7-15-13(16-12)10-2-1-3-10/h4,7,10-11H,1-3,5-6,8-9H2,(H,18,19). The van der Waals surface area contributed by atoms with Crippen LogP contribution in [-0.4, -0.2) is 34.1 Å². The lowest BCUT2D eigenvalue weighted by molar-refractivity contribution is -0.142. The summed E-state index contributed by atoms with van der Waals surface area (Å²) < 4.78 is 0. The smallest absolute Gasteiger partial charge is 0.306 e. The normalized spacial score (nSPS) is 21.2. The van der Waals surface area contributed by atoms with E-state index in [0.29, 0.717) is 18.8 Å². The second-order valence-corrected chi connectivity index (χ2v) is 5.50. The molecule has 0 atom stereocenters. The molecule has 0 aromatic carbocycles. The summed E-state index contributed by atoms with van der Waals surface area (Å²) in [5, 5.41) is 9.01. The Hall–Kier alpha value is -1.65. The Morgan fingerprint density at radius 1 is 1.26 bits per heavy atom. The van der Waals surface area contributed by atoms with Crippen molar-refractivity contribution in [1.82, 2.24) is 9.97 Å². The van der Waals surface area contributed by atoms with Gasteiger partial charge in [-0.05, 0) is 31.7 Å². The molecule has 2 heterocycles. The number of hydrogen-bond acceptors (Lipinski definition) is 4. The molecule has 19 heavy (non-hydrogen) atoms. The first kappa shape index (κ1) is 12.4. The monoisotopic (exact) mass is 261 g/mol. The molecule has 102 valence electrons. The third-order valence-electron chi connectivity index (χ3n) is 4.30. The Morgan fingerprint density at radius 2 is 2.00 bits per heavy atom. The van der Waals surface area contributed by atoms with Gasteiger partial charge in [0.15, 0.2) is 0 Å². The number of hydrogen-bond donors (Lipinski definition) is 1. The van der Waals surface area contributed by atoms with Gasteiger partial charge in [-0.1, -0.05) is 6.42 Å². The number of anilines is 1. The number of carbonyl (C=O) groups is 1. The van der Waals surface area contributed by atoms with Crippen LogP contribution in [-0.2, 0) is 4.79 Å². The molecule has 0 unspecified atom stereocenters. The summed E-state index contributed by atoms with van der Waals surface area (Å²) >= 11 is 0. The highest BCUT2D eigenvalue weighted by Crippen LogP contribution is 2.34. The van der Waals surface area contributed by atoms with Crippen LogP contribution in [0.25, 0.3) is 0 Å². The molecule has 3 rings (SSSR count). The average molecular weight is 261 g/mol. The summed E-state index contributed by atoms with van der Waals surface area (Å²) in [5.41, 5.74) is 0. The Kier molecular flexibility index (Phi) is 3.36. The van der Waals surface area contributed by atoms with E-state index in [4.69, 9.17) is 5.11 Å². The second kappa shape index (κ2) is 5.15. The van der Waals surface area contributed by atoms with Gasteiger partial charge in [0, 0.05) is 25.2 Å². The van der Waals surface area contributed by atoms with Crippen LogP contribution < -0.4 is 4.90 Å². The van der Waals surface area contributed by atoms with Crippen molar-refractivity contribution < 1.29 is 9.90 Å². The van der Waals surface area contributed by atoms with Crippen LogP contribution in [0.3, 0.4) is 0 Å². The van der Waals surface area contributed by atoms with Gasteiger partial charge in [0.25, 0.3) is 0 Å². The van der Waals surface area contributed by atoms with Crippen LogP contribution in [0.1, 0.15) is 43.8 Å². The molecule has 1 aliphatic heterocycles. The Balaban J connectivity index is 1.67. The minimum Gasteiger partial charge on any atom is -0.481 e. The van der Waals surface area contributed by atoms with Crippen LogP contribution in [0.15, 0.2) is 12.3 Å². The van der Waals surface area contributed by atoms with Gasteiger partial charge in [0.1, 0.15) is 11.6 Å². The summed E-state index contributed by atoms with van der Waals surface area (Å²) in [4.78, 5) is 22.2. The van der Waals surface area contributed by atoms with Crippen LogP contribution in [0.4, 0.5) is 5.82 Å². The molecule has 1 saturated heterocycles. The van der Waals surface area contributed by atoms with Crippen molar-refractivity contribution in [2.45, 2.75) is 38.0 Å². The van der Waals surface area contributed by atoms with Crippen molar-refractivity contribution in [2.24, 2.45) is 5.92 Å². The SMILES string of the molecule is O=C(O)C1CCN(c2ccnc(C3CCC3)n2)CC1. The van der Waals surface area contributed by atoms with E-state index in [1.54, 1.807) is 0 Å². The quantitative estimate of drug-likeness (QED) is 0.902. The van der Waals surface area contributed by atoms with E-state index in [1.165, 1.54) is 19.3 Å². The number of carboxylic acids is 1. The lowest BCUT2D eigenvalue weighted by Gasteiger charge is -2.32. The number of rotatable bonds is 3. The maximum absolute atomic E-state index is 10.9. The molecule has 1 saturated carbocycles. The van der Waals surface area contributed by atoms with E-state index in [9.17, 15) is 4.79 Å². The van der Waals surface area contributed by atoms with Crippen molar-refractivity contribution in [3.05, 3.63) is 18.1 Å². The number of piperidine rings is 1. The lowest BCUT2D eigenvalue weighted by Crippen LogP contribution is -2.37. The van der Waals surface area contributed by atoms with Crippen LogP contribution in [0.2, 0.25) is 0 Å². The summed E-state index contributed by atoms with van der Waals surface area (Å²) in [6.07, 6.45) is 6.92. The first-order valence-electron chi connectivity index (χ1n) is 7.05. The van der Waals surface area contributed by atoms with Crippen LogP contribution in [0, 0.1) is 5.92 Å². The highest BCUT2D eigenvalue weighted by molar-refractivity contribution is 5.70.